The summed E-state index contributed by atoms with van der Waals surface area (Å²) in [4.78, 5) is 23.9. The van der Waals surface area contributed by atoms with E-state index in [4.69, 9.17) is 5.11 Å². The van der Waals surface area contributed by atoms with E-state index < -0.39 is 5.97 Å². The first-order chi connectivity index (χ1) is 16.9. The van der Waals surface area contributed by atoms with E-state index >= 15 is 0 Å². The van der Waals surface area contributed by atoms with Crippen LogP contribution in [0.5, 0.6) is 0 Å². The van der Waals surface area contributed by atoms with Gasteiger partial charge in [-0.2, -0.15) is 0 Å². The van der Waals surface area contributed by atoms with Gasteiger partial charge in [-0.15, -0.1) is 11.3 Å². The Morgan fingerprint density at radius 1 is 1.09 bits per heavy atom. The van der Waals surface area contributed by atoms with Crippen LogP contribution in [0.15, 0.2) is 60.2 Å². The summed E-state index contributed by atoms with van der Waals surface area (Å²) in [7, 11) is 0. The Morgan fingerprint density at radius 3 is 2.60 bits per heavy atom. The van der Waals surface area contributed by atoms with Crippen LogP contribution in [0, 0.1) is 19.7 Å². The smallest absolute Gasteiger partial charge is 0.355 e. The molecule has 9 heteroatoms. The summed E-state index contributed by atoms with van der Waals surface area (Å²) in [6, 6.07) is 14.8. The standard InChI is InChI=1S/C26H22FN5O2S/c1-15-3-8-20(27)24-19(15)11-16(2)32(24)10-9-28-23-12-21(29-14-30-23)17-4-6-18(7-5-17)25-31-22(13-35-25)26(33)34/h3-8,11-14H,9-10H2,1-2H3,(H,33,34)(H,28,29,30). The van der Waals surface area contributed by atoms with Gasteiger partial charge < -0.3 is 15.0 Å². The molecule has 5 rings (SSSR count). The summed E-state index contributed by atoms with van der Waals surface area (Å²) < 4.78 is 16.5. The quantitative estimate of drug-likeness (QED) is 0.302. The lowest BCUT2D eigenvalue weighted by molar-refractivity contribution is 0.0691. The summed E-state index contributed by atoms with van der Waals surface area (Å²) in [5.41, 5.74) is 5.23. The molecule has 7 nitrogen and oxygen atoms in total. The predicted molar refractivity (Wildman–Crippen MR) is 135 cm³/mol. The molecule has 0 atom stereocenters. The molecule has 0 radical (unpaired) electrons. The maximum absolute atomic E-state index is 14.5. The first kappa shape index (κ1) is 22.7. The number of carboxylic acid groups (broad SMARTS) is 1. The lowest BCUT2D eigenvalue weighted by Crippen LogP contribution is -2.13. The van der Waals surface area contributed by atoms with Crippen LogP contribution in [-0.2, 0) is 6.54 Å². The van der Waals surface area contributed by atoms with Crippen molar-refractivity contribution in [2.75, 3.05) is 11.9 Å². The second-order valence-electron chi connectivity index (χ2n) is 8.20. The third kappa shape index (κ3) is 4.50. The molecule has 3 heterocycles. The number of rotatable bonds is 7. The highest BCUT2D eigenvalue weighted by Gasteiger charge is 2.13. The number of benzene rings is 2. The van der Waals surface area contributed by atoms with Crippen molar-refractivity contribution in [2.45, 2.75) is 20.4 Å². The highest BCUT2D eigenvalue weighted by molar-refractivity contribution is 7.13. The monoisotopic (exact) mass is 487 g/mol. The van der Waals surface area contributed by atoms with Crippen molar-refractivity contribution in [1.29, 1.82) is 0 Å². The molecule has 35 heavy (non-hydrogen) atoms. The Kier molecular flexibility index (Phi) is 6.00. The Hall–Kier alpha value is -4.11. The fourth-order valence-electron chi connectivity index (χ4n) is 4.09. The molecule has 0 saturated heterocycles. The van der Waals surface area contributed by atoms with E-state index in [0.29, 0.717) is 29.4 Å². The van der Waals surface area contributed by atoms with Crippen molar-refractivity contribution < 1.29 is 14.3 Å². The molecule has 0 saturated carbocycles. The fourth-order valence-corrected chi connectivity index (χ4v) is 4.89. The molecule has 0 aliphatic carbocycles. The van der Waals surface area contributed by atoms with Gasteiger partial charge in [0.2, 0.25) is 0 Å². The Bertz CT molecular complexity index is 1540. The molecule has 0 aliphatic rings. The fraction of sp³-hybridized carbons (Fsp3) is 0.154. The number of hydrogen-bond donors (Lipinski definition) is 2. The molecule has 0 amide bonds. The van der Waals surface area contributed by atoms with E-state index in [1.807, 2.05) is 54.8 Å². The van der Waals surface area contributed by atoms with Gasteiger partial charge in [-0.05, 0) is 31.5 Å². The molecule has 5 aromatic rings. The van der Waals surface area contributed by atoms with Crippen LogP contribution in [0.2, 0.25) is 0 Å². The zero-order chi connectivity index (χ0) is 24.5. The number of aromatic nitrogens is 4. The zero-order valence-electron chi connectivity index (χ0n) is 19.1. The van der Waals surface area contributed by atoms with Gasteiger partial charge in [0.25, 0.3) is 0 Å². The molecule has 0 spiro atoms. The SMILES string of the molecule is Cc1ccc(F)c2c1cc(C)n2CCNc1cc(-c2ccc(-c3nc(C(=O)O)cs3)cc2)ncn1. The van der Waals surface area contributed by atoms with E-state index in [-0.39, 0.29) is 11.5 Å². The molecule has 0 aliphatic heterocycles. The van der Waals surface area contributed by atoms with Gasteiger partial charge in [0.15, 0.2) is 5.69 Å². The lowest BCUT2D eigenvalue weighted by atomic mass is 10.1. The van der Waals surface area contributed by atoms with Crippen molar-refractivity contribution in [3.63, 3.8) is 0 Å². The van der Waals surface area contributed by atoms with Crippen molar-refractivity contribution in [1.82, 2.24) is 19.5 Å². The average molecular weight is 488 g/mol. The van der Waals surface area contributed by atoms with E-state index in [2.05, 4.69) is 20.3 Å². The number of thiazole rings is 1. The van der Waals surface area contributed by atoms with Gasteiger partial charge in [-0.25, -0.2) is 24.1 Å². The maximum Gasteiger partial charge on any atom is 0.355 e. The average Bonchev–Trinajstić information content (AvgIpc) is 3.48. The van der Waals surface area contributed by atoms with Gasteiger partial charge >= 0.3 is 5.97 Å². The molecule has 0 unspecified atom stereocenters. The molecule has 0 fully saturated rings. The third-order valence-electron chi connectivity index (χ3n) is 5.89. The van der Waals surface area contributed by atoms with Crippen molar-refractivity contribution in [3.8, 4) is 21.8 Å². The topological polar surface area (TPSA) is 92.9 Å². The minimum Gasteiger partial charge on any atom is -0.476 e. The second-order valence-corrected chi connectivity index (χ2v) is 9.06. The molecule has 2 N–H and O–H groups in total. The van der Waals surface area contributed by atoms with Gasteiger partial charge in [0.1, 0.15) is 23.0 Å². The number of halogens is 1. The number of anilines is 1. The minimum absolute atomic E-state index is 0.0431. The first-order valence-corrected chi connectivity index (χ1v) is 11.9. The number of aryl methyl sites for hydroxylation is 2. The van der Waals surface area contributed by atoms with Crippen LogP contribution < -0.4 is 5.32 Å². The highest BCUT2D eigenvalue weighted by atomic mass is 32.1. The van der Waals surface area contributed by atoms with E-state index in [0.717, 1.165) is 33.5 Å². The van der Waals surface area contributed by atoms with Crippen LogP contribution >= 0.6 is 11.3 Å². The molecule has 2 aromatic carbocycles. The summed E-state index contributed by atoms with van der Waals surface area (Å²) in [5.74, 6) is -0.579. The second kappa shape index (κ2) is 9.27. The predicted octanol–water partition coefficient (Wildman–Crippen LogP) is 5.79. The summed E-state index contributed by atoms with van der Waals surface area (Å²) in [6.07, 6.45) is 1.50. The number of carboxylic acids is 1. The van der Waals surface area contributed by atoms with Crippen LogP contribution in [0.4, 0.5) is 10.2 Å². The number of nitrogens with zero attached hydrogens (tertiary/aromatic N) is 4. The maximum atomic E-state index is 14.5. The van der Waals surface area contributed by atoms with Crippen molar-refractivity contribution >= 4 is 34.0 Å². The van der Waals surface area contributed by atoms with Gasteiger partial charge in [-0.1, -0.05) is 30.3 Å². The zero-order valence-corrected chi connectivity index (χ0v) is 19.9. The van der Waals surface area contributed by atoms with Gasteiger partial charge in [0.05, 0.1) is 11.2 Å². The van der Waals surface area contributed by atoms with Crippen LogP contribution in [0.25, 0.3) is 32.7 Å². The first-order valence-electron chi connectivity index (χ1n) is 11.0. The van der Waals surface area contributed by atoms with Crippen molar-refractivity contribution in [2.24, 2.45) is 0 Å². The largest absolute Gasteiger partial charge is 0.476 e. The summed E-state index contributed by atoms with van der Waals surface area (Å²) in [5, 5.41) is 15.5. The van der Waals surface area contributed by atoms with Crippen LogP contribution in [0.3, 0.4) is 0 Å². The minimum atomic E-state index is -1.04. The Morgan fingerprint density at radius 2 is 1.86 bits per heavy atom. The highest BCUT2D eigenvalue weighted by Crippen LogP contribution is 2.28. The van der Waals surface area contributed by atoms with Crippen LogP contribution in [0.1, 0.15) is 21.7 Å². The number of nitrogens with one attached hydrogen (secondary N) is 1. The molecule has 3 aromatic heterocycles. The van der Waals surface area contributed by atoms with Gasteiger partial charge in [0, 0.05) is 46.7 Å². The van der Waals surface area contributed by atoms with E-state index in [1.165, 1.54) is 29.1 Å². The number of hydrogen-bond acceptors (Lipinski definition) is 6. The van der Waals surface area contributed by atoms with Crippen LogP contribution in [-0.4, -0.2) is 37.1 Å². The molecule has 0 bridgehead atoms. The number of carbonyl (C=O) groups is 1. The lowest BCUT2D eigenvalue weighted by Gasteiger charge is -2.11. The Balaban J connectivity index is 1.29. The molecular weight excluding hydrogens is 465 g/mol. The van der Waals surface area contributed by atoms with E-state index in [9.17, 15) is 9.18 Å². The number of fused-ring (bicyclic) bond motifs is 1. The van der Waals surface area contributed by atoms with Gasteiger partial charge in [-0.3, -0.25) is 0 Å². The summed E-state index contributed by atoms with van der Waals surface area (Å²) >= 11 is 1.29. The Labute approximate surface area is 204 Å². The number of aromatic carboxylic acids is 1. The molecule has 176 valence electrons. The van der Waals surface area contributed by atoms with E-state index in [1.54, 1.807) is 6.07 Å². The third-order valence-corrected chi connectivity index (χ3v) is 6.79. The summed E-state index contributed by atoms with van der Waals surface area (Å²) in [6.45, 7) is 5.14. The normalized spacial score (nSPS) is 11.2. The molecular formula is C26H22FN5O2S. The van der Waals surface area contributed by atoms with Crippen molar-refractivity contribution in [3.05, 3.63) is 83.0 Å².